The molecule has 1 fully saturated rings. The van der Waals surface area contributed by atoms with Gasteiger partial charge in [0.2, 0.25) is 0 Å². The van der Waals surface area contributed by atoms with Crippen LogP contribution in [0.3, 0.4) is 0 Å². The molecule has 0 unspecified atom stereocenters. The van der Waals surface area contributed by atoms with Crippen molar-refractivity contribution in [3.63, 3.8) is 0 Å². The van der Waals surface area contributed by atoms with E-state index in [1.54, 1.807) is 12.1 Å². The second kappa shape index (κ2) is 6.27. The SMILES string of the molecule is NNc1ncccc1C(=O)N1CCN(CC(F)(F)F)CC1. The maximum absolute atomic E-state index is 12.3. The highest BCUT2D eigenvalue weighted by molar-refractivity contribution is 5.98. The van der Waals surface area contributed by atoms with Crippen LogP contribution in [0.2, 0.25) is 0 Å². The van der Waals surface area contributed by atoms with E-state index in [-0.39, 0.29) is 37.9 Å². The van der Waals surface area contributed by atoms with Crippen LogP contribution < -0.4 is 11.3 Å². The molecule has 116 valence electrons. The minimum atomic E-state index is -4.22. The molecule has 6 nitrogen and oxygen atoms in total. The van der Waals surface area contributed by atoms with Gasteiger partial charge in [0.05, 0.1) is 12.1 Å². The van der Waals surface area contributed by atoms with Gasteiger partial charge in [-0.25, -0.2) is 10.8 Å². The first-order valence-electron chi connectivity index (χ1n) is 6.41. The zero-order valence-electron chi connectivity index (χ0n) is 11.2. The Hall–Kier alpha value is -1.87. The number of piperazine rings is 1. The molecule has 0 spiro atoms. The average molecular weight is 303 g/mol. The molecular formula is C12H16F3N5O. The van der Waals surface area contributed by atoms with Gasteiger partial charge < -0.3 is 10.3 Å². The monoisotopic (exact) mass is 303 g/mol. The lowest BCUT2D eigenvalue weighted by Gasteiger charge is -2.35. The third kappa shape index (κ3) is 4.05. The number of nitrogen functional groups attached to an aromatic ring is 1. The number of anilines is 1. The third-order valence-electron chi connectivity index (χ3n) is 3.24. The number of nitrogens with zero attached hydrogens (tertiary/aromatic N) is 3. The van der Waals surface area contributed by atoms with Gasteiger partial charge in [-0.3, -0.25) is 9.69 Å². The number of aromatic nitrogens is 1. The molecule has 1 amide bonds. The Bertz CT molecular complexity index is 500. The molecule has 1 aliphatic rings. The summed E-state index contributed by atoms with van der Waals surface area (Å²) < 4.78 is 36.9. The molecule has 1 aromatic rings. The van der Waals surface area contributed by atoms with Crippen molar-refractivity contribution in [2.24, 2.45) is 5.84 Å². The van der Waals surface area contributed by atoms with Crippen LogP contribution in [0, 0.1) is 0 Å². The highest BCUT2D eigenvalue weighted by Gasteiger charge is 2.33. The van der Waals surface area contributed by atoms with Crippen LogP contribution in [-0.4, -0.2) is 59.6 Å². The molecule has 0 bridgehead atoms. The van der Waals surface area contributed by atoms with Crippen molar-refractivity contribution in [1.29, 1.82) is 0 Å². The maximum atomic E-state index is 12.3. The van der Waals surface area contributed by atoms with Crippen LogP contribution in [0.4, 0.5) is 19.0 Å². The van der Waals surface area contributed by atoms with Gasteiger partial charge in [-0.15, -0.1) is 0 Å². The van der Waals surface area contributed by atoms with Gasteiger partial charge in [-0.1, -0.05) is 0 Å². The minimum absolute atomic E-state index is 0.191. The van der Waals surface area contributed by atoms with E-state index in [2.05, 4.69) is 10.4 Å². The molecular weight excluding hydrogens is 287 g/mol. The first kappa shape index (κ1) is 15.5. The van der Waals surface area contributed by atoms with Crippen LogP contribution in [0.5, 0.6) is 0 Å². The van der Waals surface area contributed by atoms with Crippen molar-refractivity contribution >= 4 is 11.7 Å². The molecule has 0 atom stereocenters. The molecule has 2 rings (SSSR count). The maximum Gasteiger partial charge on any atom is 0.401 e. The quantitative estimate of drug-likeness (QED) is 0.635. The number of halogens is 3. The molecule has 1 aromatic heterocycles. The fourth-order valence-corrected chi connectivity index (χ4v) is 2.23. The Morgan fingerprint density at radius 3 is 2.57 bits per heavy atom. The van der Waals surface area contributed by atoms with E-state index >= 15 is 0 Å². The number of pyridine rings is 1. The van der Waals surface area contributed by atoms with Crippen LogP contribution in [0.25, 0.3) is 0 Å². The first-order valence-corrected chi connectivity index (χ1v) is 6.41. The van der Waals surface area contributed by atoms with Gasteiger partial charge in [0.15, 0.2) is 5.82 Å². The number of amides is 1. The Morgan fingerprint density at radius 1 is 1.33 bits per heavy atom. The first-order chi connectivity index (χ1) is 9.90. The number of nitrogens with two attached hydrogens (primary N) is 1. The van der Waals surface area contributed by atoms with E-state index in [1.165, 1.54) is 16.0 Å². The van der Waals surface area contributed by atoms with Gasteiger partial charge in [0.1, 0.15) is 0 Å². The lowest BCUT2D eigenvalue weighted by molar-refractivity contribution is -0.148. The summed E-state index contributed by atoms with van der Waals surface area (Å²) in [5.74, 6) is 5.25. The fraction of sp³-hybridized carbons (Fsp3) is 0.500. The number of hydrogen-bond acceptors (Lipinski definition) is 5. The number of hydrogen-bond donors (Lipinski definition) is 2. The summed E-state index contributed by atoms with van der Waals surface area (Å²) in [5, 5.41) is 0. The number of hydrazine groups is 1. The van der Waals surface area contributed by atoms with Crippen molar-refractivity contribution in [2.75, 3.05) is 38.1 Å². The summed E-state index contributed by atoms with van der Waals surface area (Å²) in [7, 11) is 0. The fourth-order valence-electron chi connectivity index (χ4n) is 2.23. The molecule has 3 N–H and O–H groups in total. The van der Waals surface area contributed by atoms with Crippen molar-refractivity contribution in [3.8, 4) is 0 Å². The Balaban J connectivity index is 1.97. The highest BCUT2D eigenvalue weighted by atomic mass is 19.4. The summed E-state index contributed by atoms with van der Waals surface area (Å²) in [6.07, 6.45) is -2.72. The summed E-state index contributed by atoms with van der Waals surface area (Å²) in [6, 6.07) is 3.18. The van der Waals surface area contributed by atoms with Gasteiger partial charge in [0.25, 0.3) is 5.91 Å². The van der Waals surface area contributed by atoms with Gasteiger partial charge in [-0.05, 0) is 12.1 Å². The topological polar surface area (TPSA) is 74.5 Å². The number of alkyl halides is 3. The van der Waals surface area contributed by atoms with Crippen molar-refractivity contribution in [2.45, 2.75) is 6.18 Å². The molecule has 9 heteroatoms. The van der Waals surface area contributed by atoms with Crippen molar-refractivity contribution in [1.82, 2.24) is 14.8 Å². The second-order valence-electron chi connectivity index (χ2n) is 4.73. The average Bonchev–Trinajstić information content (AvgIpc) is 2.45. The molecule has 0 radical (unpaired) electrons. The van der Waals surface area contributed by atoms with E-state index in [4.69, 9.17) is 5.84 Å². The molecule has 1 saturated heterocycles. The van der Waals surface area contributed by atoms with Gasteiger partial charge in [0, 0.05) is 32.4 Å². The minimum Gasteiger partial charge on any atom is -0.336 e. The molecule has 0 aliphatic carbocycles. The summed E-state index contributed by atoms with van der Waals surface area (Å²) in [6.45, 7) is -0.0764. The number of nitrogens with one attached hydrogen (secondary N) is 1. The van der Waals surface area contributed by atoms with Gasteiger partial charge >= 0.3 is 6.18 Å². The molecule has 21 heavy (non-hydrogen) atoms. The largest absolute Gasteiger partial charge is 0.401 e. The van der Waals surface area contributed by atoms with Crippen LogP contribution in [0.1, 0.15) is 10.4 Å². The number of carbonyl (C=O) groups is 1. The summed E-state index contributed by atoms with van der Waals surface area (Å²) in [5.41, 5.74) is 2.65. The predicted octanol–water partition coefficient (Wildman–Crippen LogP) is 0.687. The molecule has 2 heterocycles. The standard InChI is InChI=1S/C12H16F3N5O/c13-12(14,15)8-19-4-6-20(7-5-19)11(21)9-2-1-3-17-10(9)18-16/h1-3H,4-8,16H2,(H,17,18). The third-order valence-corrected chi connectivity index (χ3v) is 3.24. The van der Waals surface area contributed by atoms with E-state index in [9.17, 15) is 18.0 Å². The summed E-state index contributed by atoms with van der Waals surface area (Å²) in [4.78, 5) is 19.0. The predicted molar refractivity (Wildman–Crippen MR) is 70.4 cm³/mol. The van der Waals surface area contributed by atoms with E-state index < -0.39 is 12.7 Å². The number of carbonyl (C=O) groups excluding carboxylic acids is 1. The smallest absolute Gasteiger partial charge is 0.336 e. The lowest BCUT2D eigenvalue weighted by Crippen LogP contribution is -2.51. The van der Waals surface area contributed by atoms with Crippen molar-refractivity contribution < 1.29 is 18.0 Å². The lowest BCUT2D eigenvalue weighted by atomic mass is 10.2. The van der Waals surface area contributed by atoms with E-state index in [0.717, 1.165) is 0 Å². The highest BCUT2D eigenvalue weighted by Crippen LogP contribution is 2.19. The summed E-state index contributed by atoms with van der Waals surface area (Å²) >= 11 is 0. The van der Waals surface area contributed by atoms with E-state index in [0.29, 0.717) is 5.56 Å². The zero-order valence-corrected chi connectivity index (χ0v) is 11.2. The van der Waals surface area contributed by atoms with Gasteiger partial charge in [-0.2, -0.15) is 13.2 Å². The van der Waals surface area contributed by atoms with Crippen LogP contribution in [0.15, 0.2) is 18.3 Å². The van der Waals surface area contributed by atoms with Crippen molar-refractivity contribution in [3.05, 3.63) is 23.9 Å². The molecule has 1 aliphatic heterocycles. The second-order valence-corrected chi connectivity index (χ2v) is 4.73. The van der Waals surface area contributed by atoms with E-state index in [1.807, 2.05) is 0 Å². The Morgan fingerprint density at radius 2 is 2.00 bits per heavy atom. The van der Waals surface area contributed by atoms with Crippen LogP contribution in [-0.2, 0) is 0 Å². The van der Waals surface area contributed by atoms with Crippen LogP contribution >= 0.6 is 0 Å². The molecule has 0 saturated carbocycles. The Labute approximate surface area is 119 Å². The molecule has 0 aromatic carbocycles. The zero-order chi connectivity index (χ0) is 15.5. The Kier molecular flexibility index (Phi) is 4.63. The number of rotatable bonds is 3. The normalized spacial score (nSPS) is 16.9.